The van der Waals surface area contributed by atoms with Crippen molar-refractivity contribution in [3.8, 4) is 0 Å². The Kier molecular flexibility index (Phi) is 20.6. The number of carbonyl (C=O) groups is 2. The molecule has 0 aliphatic carbocycles. The Balaban J connectivity index is 0.00000268. The van der Waals surface area contributed by atoms with E-state index in [1.165, 1.54) is 30.5 Å². The predicted molar refractivity (Wildman–Crippen MR) is 326 cm³/mol. The largest absolute Gasteiger partial charge is 0.425 e. The van der Waals surface area contributed by atoms with Crippen molar-refractivity contribution < 1.29 is 87.1 Å². The lowest BCUT2D eigenvalue weighted by molar-refractivity contribution is -0.438. The average Bonchev–Trinajstić information content (AvgIpc) is 1.55. The summed E-state index contributed by atoms with van der Waals surface area (Å²) in [5, 5.41) is 18.8. The normalized spacial score (nSPS) is 15.6. The molecular formula is C54H61N8O19S7+. The van der Waals surface area contributed by atoms with Gasteiger partial charge < -0.3 is 15.5 Å². The number of primary sulfonamides is 1. The van der Waals surface area contributed by atoms with E-state index in [0.717, 1.165) is 41.3 Å². The van der Waals surface area contributed by atoms with E-state index < -0.39 is 104 Å². The number of pyridine rings is 1. The summed E-state index contributed by atoms with van der Waals surface area (Å²) in [7, 11) is -26.4. The third-order valence-corrected chi connectivity index (χ3v) is 20.1. The molecule has 2 amide bonds. The third kappa shape index (κ3) is 16.0. The molecular weight excluding hydrogens is 1290 g/mol. The molecule has 6 aromatic rings. The van der Waals surface area contributed by atoms with Crippen molar-refractivity contribution in [1.82, 2.24) is 20.5 Å². The first kappa shape index (κ1) is 68.4. The van der Waals surface area contributed by atoms with Gasteiger partial charge in [-0.15, -0.1) is 22.8 Å². The minimum Gasteiger partial charge on any atom is -0.352 e. The second-order valence-corrected chi connectivity index (χ2v) is 30.3. The fraction of sp³-hybridized carbons (Fsp3) is 0.333. The number of nitrogens with two attached hydrogens (primary N) is 1. The van der Waals surface area contributed by atoms with Crippen molar-refractivity contribution in [2.24, 2.45) is 5.14 Å². The van der Waals surface area contributed by atoms with Gasteiger partial charge in [0.15, 0.2) is 5.71 Å². The molecule has 2 aliphatic rings. The standard InChI is InChI=1S/C54H60N8O16S6.O3S/c1-6-7-26-61-42-21-15-33-13-18-36(82(70,71)72)29-39(33)48(42)53(2,3)45(61)23-16-34(41-20-14-35(32-57-41)50(64)56-25-10-8-9-12-47(63)58-51-59-60-52(79-51)81(55,68)69)17-24-46-54(4,5)49-40-30-37(83(73,74)75)31-44(84(76,77)78)38(40)19-22-43(49)62(46)27-11-28-80(65,66)67;1-4(2)3/h13-24,29-32H,6-12,25-28H2,1-5H3,(H7-,55,56,58,59,63,64,65,66,67,68,69,70,71,72,73,74,75,76,77,78);/p+1. The maximum Gasteiger partial charge on any atom is 0.425 e. The molecule has 0 radical (unpaired) electrons. The van der Waals surface area contributed by atoms with E-state index in [9.17, 15) is 69.9 Å². The van der Waals surface area contributed by atoms with Crippen LogP contribution in [0.1, 0.15) is 107 Å². The van der Waals surface area contributed by atoms with Crippen LogP contribution in [0.2, 0.25) is 0 Å². The molecule has 0 saturated heterocycles. The molecule has 8 N–H and O–H groups in total. The van der Waals surface area contributed by atoms with Crippen LogP contribution in [0.4, 0.5) is 16.5 Å². The number of nitrogens with zero attached hydrogens (tertiary/aromatic N) is 5. The van der Waals surface area contributed by atoms with E-state index in [1.807, 2.05) is 45.1 Å². The van der Waals surface area contributed by atoms with E-state index in [-0.39, 0.29) is 52.3 Å². The monoisotopic (exact) mass is 1350 g/mol. The number of allylic oxidation sites excluding steroid dienone is 6. The second-order valence-electron chi connectivity index (χ2n) is 21.4. The van der Waals surface area contributed by atoms with Gasteiger partial charge in [-0.2, -0.15) is 38.2 Å². The maximum atomic E-state index is 13.5. The molecule has 8 rings (SSSR count). The Labute approximate surface area is 513 Å². The lowest BCUT2D eigenvalue weighted by atomic mass is 9.79. The fourth-order valence-corrected chi connectivity index (χ4v) is 14.3. The van der Waals surface area contributed by atoms with Gasteiger partial charge >= 0.3 is 10.6 Å². The van der Waals surface area contributed by atoms with Crippen LogP contribution in [-0.4, -0.2) is 136 Å². The molecule has 0 bridgehead atoms. The first-order valence-corrected chi connectivity index (χ1v) is 35.9. The number of unbranched alkanes of at least 4 members (excludes halogenated alkanes) is 3. The molecule has 88 heavy (non-hydrogen) atoms. The highest BCUT2D eigenvalue weighted by Gasteiger charge is 2.46. The number of carbonyl (C=O) groups excluding carboxylic acids is 2. The Morgan fingerprint density at radius 1 is 0.750 bits per heavy atom. The number of anilines is 2. The fourth-order valence-electron chi connectivity index (χ4n) is 10.6. The first-order valence-electron chi connectivity index (χ1n) is 26.6. The van der Waals surface area contributed by atoms with Gasteiger partial charge in [-0.3, -0.25) is 32.8 Å². The molecule has 34 heteroatoms. The number of sulfonamides is 1. The quantitative estimate of drug-likeness (QED) is 0.0121. The van der Waals surface area contributed by atoms with E-state index in [1.54, 1.807) is 49.1 Å². The Hall–Kier alpha value is -7.09. The predicted octanol–water partition coefficient (Wildman–Crippen LogP) is 6.33. The van der Waals surface area contributed by atoms with E-state index in [0.29, 0.717) is 76.8 Å². The van der Waals surface area contributed by atoms with E-state index in [4.69, 9.17) is 22.7 Å². The maximum absolute atomic E-state index is 13.5. The number of hydrogen-bond donors (Lipinski definition) is 7. The highest BCUT2D eigenvalue weighted by atomic mass is 32.3. The van der Waals surface area contributed by atoms with Gasteiger partial charge in [-0.05, 0) is 116 Å². The van der Waals surface area contributed by atoms with Crippen LogP contribution in [0.3, 0.4) is 0 Å². The van der Waals surface area contributed by atoms with Crippen molar-refractivity contribution in [3.63, 3.8) is 0 Å². The second kappa shape index (κ2) is 26.5. The molecule has 2 aliphatic heterocycles. The number of aromatic nitrogens is 3. The zero-order valence-electron chi connectivity index (χ0n) is 47.6. The highest BCUT2D eigenvalue weighted by Crippen LogP contribution is 2.52. The summed E-state index contributed by atoms with van der Waals surface area (Å²) < 4.78 is 190. The molecule has 4 aromatic carbocycles. The minimum atomic E-state index is -5.09. The molecule has 0 fully saturated rings. The van der Waals surface area contributed by atoms with Crippen molar-refractivity contribution in [3.05, 3.63) is 125 Å². The summed E-state index contributed by atoms with van der Waals surface area (Å²) in [6.07, 6.45) is 11.6. The van der Waals surface area contributed by atoms with Crippen molar-refractivity contribution in [2.45, 2.75) is 109 Å². The van der Waals surface area contributed by atoms with Gasteiger partial charge in [0.1, 0.15) is 11.4 Å². The summed E-state index contributed by atoms with van der Waals surface area (Å²) in [4.78, 5) is 30.5. The van der Waals surface area contributed by atoms with Crippen LogP contribution in [0.15, 0.2) is 122 Å². The van der Waals surface area contributed by atoms with Crippen LogP contribution in [-0.2, 0) is 76.7 Å². The van der Waals surface area contributed by atoms with Crippen LogP contribution in [0.5, 0.6) is 0 Å². The Morgan fingerprint density at radius 3 is 2.02 bits per heavy atom. The smallest absolute Gasteiger partial charge is 0.352 e. The molecule has 0 saturated carbocycles. The van der Waals surface area contributed by atoms with Crippen LogP contribution >= 0.6 is 11.3 Å². The Bertz CT molecular complexity index is 4640. The van der Waals surface area contributed by atoms with Gasteiger partial charge in [0.25, 0.3) is 56.4 Å². The van der Waals surface area contributed by atoms with Gasteiger partial charge in [-0.1, -0.05) is 63.2 Å². The van der Waals surface area contributed by atoms with Gasteiger partial charge in [0.05, 0.1) is 32.2 Å². The van der Waals surface area contributed by atoms with Crippen molar-refractivity contribution >= 4 is 134 Å². The number of rotatable bonds is 23. The van der Waals surface area contributed by atoms with Crippen LogP contribution in [0.25, 0.3) is 27.1 Å². The zero-order valence-corrected chi connectivity index (χ0v) is 53.3. The van der Waals surface area contributed by atoms with Crippen LogP contribution in [0, 0.1) is 0 Å². The molecule has 2 aromatic heterocycles. The highest BCUT2D eigenvalue weighted by molar-refractivity contribution is 7.91. The van der Waals surface area contributed by atoms with Gasteiger partial charge in [0, 0.05) is 77.6 Å². The lowest BCUT2D eigenvalue weighted by Crippen LogP contribution is -2.28. The average molecular weight is 1350 g/mol. The van der Waals surface area contributed by atoms with E-state index >= 15 is 0 Å². The number of hydrogen-bond acceptors (Lipinski definition) is 20. The summed E-state index contributed by atoms with van der Waals surface area (Å²) in [5.41, 5.74) is 2.67. The summed E-state index contributed by atoms with van der Waals surface area (Å²) in [6.45, 7) is 10.3. The number of benzene rings is 4. The zero-order chi connectivity index (χ0) is 65.1. The topological polar surface area (TPSA) is 432 Å². The molecule has 27 nitrogen and oxygen atoms in total. The number of nitrogens with one attached hydrogen (secondary N) is 2. The summed E-state index contributed by atoms with van der Waals surface area (Å²) >= 11 is 0.622. The van der Waals surface area contributed by atoms with E-state index in [2.05, 4.69) is 25.4 Å². The molecule has 472 valence electrons. The number of amides is 2. The Morgan fingerprint density at radius 2 is 1.42 bits per heavy atom. The third-order valence-electron chi connectivity index (χ3n) is 14.5. The molecule has 0 unspecified atom stereocenters. The van der Waals surface area contributed by atoms with Crippen molar-refractivity contribution in [2.75, 3.05) is 35.6 Å². The number of fused-ring (bicyclic) bond motifs is 6. The minimum absolute atomic E-state index is 0.0173. The van der Waals surface area contributed by atoms with Crippen molar-refractivity contribution in [1.29, 1.82) is 0 Å². The lowest BCUT2D eigenvalue weighted by Gasteiger charge is -2.27. The van der Waals surface area contributed by atoms with Gasteiger partial charge in [0.2, 0.25) is 21.1 Å². The molecule has 4 heterocycles. The summed E-state index contributed by atoms with van der Waals surface area (Å²) in [6, 6.07) is 16.1. The molecule has 0 spiro atoms. The summed E-state index contributed by atoms with van der Waals surface area (Å²) in [5.74, 6) is -1.50. The van der Waals surface area contributed by atoms with Crippen LogP contribution < -0.4 is 20.7 Å². The molecule has 0 atom stereocenters. The SMILES string of the molecule is CCCC[N+]1=C(/C=C/C(=C/C=C2/N(CCCS(=O)(=O)O)c3ccc4c(S(=O)(=O)O)cc(S(=O)(=O)O)cc4c3C2(C)C)c2ccc(C(=O)NCCCCCC(=O)Nc3nnc(S(N)(=O)=O)s3)cn2)C(C)(C)c2c1ccc1ccc(S(=O)(=O)O)cc21.O=S(=O)=O. The van der Waals surface area contributed by atoms with Gasteiger partial charge in [-0.25, -0.2) is 13.6 Å². The first-order chi connectivity index (χ1) is 40.8.